The van der Waals surface area contributed by atoms with Gasteiger partial charge in [0.1, 0.15) is 5.69 Å². The highest BCUT2D eigenvalue weighted by atomic mass is 32.1. The lowest BCUT2D eigenvalue weighted by Gasteiger charge is -2.43. The maximum atomic E-state index is 13.3. The predicted molar refractivity (Wildman–Crippen MR) is 107 cm³/mol. The highest BCUT2D eigenvalue weighted by molar-refractivity contribution is 7.13. The van der Waals surface area contributed by atoms with Gasteiger partial charge < -0.3 is 19.7 Å². The number of carbonyl (C=O) groups excluding carboxylic acids is 1. The third-order valence-electron chi connectivity index (χ3n) is 5.12. The zero-order valence-electron chi connectivity index (χ0n) is 15.9. The molecule has 2 aliphatic rings. The molecule has 2 aromatic rings. The highest BCUT2D eigenvalue weighted by Crippen LogP contribution is 2.32. The molecule has 28 heavy (non-hydrogen) atoms. The molecule has 2 saturated heterocycles. The Labute approximate surface area is 168 Å². The average Bonchev–Trinajstić information content (AvgIpc) is 3.24. The Morgan fingerprint density at radius 2 is 2.18 bits per heavy atom. The first-order valence-electron chi connectivity index (χ1n) is 9.52. The molecule has 0 unspecified atom stereocenters. The lowest BCUT2D eigenvalue weighted by atomic mass is 9.98. The highest BCUT2D eigenvalue weighted by Gasteiger charge is 2.38. The van der Waals surface area contributed by atoms with Gasteiger partial charge in [0.2, 0.25) is 0 Å². The van der Waals surface area contributed by atoms with Gasteiger partial charge in [0.05, 0.1) is 32.0 Å². The van der Waals surface area contributed by atoms with Crippen molar-refractivity contribution in [3.8, 4) is 0 Å². The Kier molecular flexibility index (Phi) is 6.16. The van der Waals surface area contributed by atoms with E-state index in [9.17, 15) is 4.79 Å². The van der Waals surface area contributed by atoms with Crippen LogP contribution in [0.15, 0.2) is 29.9 Å². The van der Waals surface area contributed by atoms with E-state index in [1.165, 1.54) is 11.3 Å². The van der Waals surface area contributed by atoms with Crippen molar-refractivity contribution >= 4 is 22.4 Å². The van der Waals surface area contributed by atoms with Crippen LogP contribution in [0.25, 0.3) is 0 Å². The summed E-state index contributed by atoms with van der Waals surface area (Å²) in [7, 11) is 1.80. The molecule has 150 valence electrons. The van der Waals surface area contributed by atoms with E-state index < -0.39 is 0 Å². The number of ether oxygens (including phenoxy) is 2. The number of rotatable bonds is 5. The number of nitrogens with zero attached hydrogens (tertiary/aromatic N) is 4. The van der Waals surface area contributed by atoms with Crippen molar-refractivity contribution < 1.29 is 14.3 Å². The molecule has 2 fully saturated rings. The SMILES string of the molecule is CNc1nc(C(=O)N2CCO[C@@H](CN3CCOCC3)[C@@H]2c2cccnc2)cs1. The second-order valence-electron chi connectivity index (χ2n) is 6.84. The Hall–Kier alpha value is -2.07. The second kappa shape index (κ2) is 8.95. The van der Waals surface area contributed by atoms with Crippen LogP contribution in [0.2, 0.25) is 0 Å². The molecule has 0 radical (unpaired) electrons. The van der Waals surface area contributed by atoms with Crippen molar-refractivity contribution in [1.29, 1.82) is 0 Å². The van der Waals surface area contributed by atoms with Crippen LogP contribution in [0.3, 0.4) is 0 Å². The Balaban J connectivity index is 1.60. The fraction of sp³-hybridized carbons (Fsp3) is 0.526. The van der Waals surface area contributed by atoms with Crippen LogP contribution in [-0.4, -0.2) is 84.8 Å². The fourth-order valence-corrected chi connectivity index (χ4v) is 4.38. The molecule has 0 spiro atoms. The van der Waals surface area contributed by atoms with Crippen LogP contribution in [0.5, 0.6) is 0 Å². The second-order valence-corrected chi connectivity index (χ2v) is 7.70. The van der Waals surface area contributed by atoms with Crippen LogP contribution in [0, 0.1) is 0 Å². The summed E-state index contributed by atoms with van der Waals surface area (Å²) >= 11 is 1.43. The molecule has 0 bridgehead atoms. The van der Waals surface area contributed by atoms with E-state index in [4.69, 9.17) is 9.47 Å². The summed E-state index contributed by atoms with van der Waals surface area (Å²) in [6.45, 7) is 5.03. The molecular formula is C19H25N5O3S. The zero-order chi connectivity index (χ0) is 19.3. The van der Waals surface area contributed by atoms with E-state index in [1.54, 1.807) is 18.6 Å². The van der Waals surface area contributed by atoms with Gasteiger partial charge >= 0.3 is 0 Å². The van der Waals surface area contributed by atoms with E-state index in [0.717, 1.165) is 43.5 Å². The van der Waals surface area contributed by atoms with Gasteiger partial charge in [-0.25, -0.2) is 4.98 Å². The minimum atomic E-state index is -0.197. The summed E-state index contributed by atoms with van der Waals surface area (Å²) in [5.74, 6) is -0.0677. The van der Waals surface area contributed by atoms with Crippen molar-refractivity contribution in [3.63, 3.8) is 0 Å². The number of carbonyl (C=O) groups is 1. The molecule has 8 nitrogen and oxygen atoms in total. The van der Waals surface area contributed by atoms with Gasteiger partial charge in [-0.15, -0.1) is 11.3 Å². The summed E-state index contributed by atoms with van der Waals surface area (Å²) in [6, 6.07) is 3.72. The first-order valence-corrected chi connectivity index (χ1v) is 10.4. The van der Waals surface area contributed by atoms with Crippen LogP contribution in [-0.2, 0) is 9.47 Å². The summed E-state index contributed by atoms with van der Waals surface area (Å²) < 4.78 is 11.6. The number of pyridine rings is 1. The zero-order valence-corrected chi connectivity index (χ0v) is 16.7. The molecule has 1 amide bonds. The van der Waals surface area contributed by atoms with Crippen LogP contribution >= 0.6 is 11.3 Å². The van der Waals surface area contributed by atoms with Crippen LogP contribution < -0.4 is 5.32 Å². The predicted octanol–water partition coefficient (Wildman–Crippen LogP) is 1.49. The summed E-state index contributed by atoms with van der Waals surface area (Å²) in [5, 5.41) is 5.54. The smallest absolute Gasteiger partial charge is 0.274 e. The molecule has 0 saturated carbocycles. The molecule has 2 atom stereocenters. The van der Waals surface area contributed by atoms with Gasteiger partial charge in [-0.2, -0.15) is 0 Å². The lowest BCUT2D eigenvalue weighted by molar-refractivity contribution is -0.0820. The number of anilines is 1. The molecule has 2 aliphatic heterocycles. The van der Waals surface area contributed by atoms with Crippen molar-refractivity contribution in [3.05, 3.63) is 41.2 Å². The van der Waals surface area contributed by atoms with Crippen LogP contribution in [0.4, 0.5) is 5.13 Å². The summed E-state index contributed by atoms with van der Waals surface area (Å²) in [6.07, 6.45) is 3.45. The molecule has 4 rings (SSSR count). The molecule has 1 N–H and O–H groups in total. The molecular weight excluding hydrogens is 378 g/mol. The molecule has 9 heteroatoms. The van der Waals surface area contributed by atoms with Gasteiger partial charge in [0.25, 0.3) is 5.91 Å². The number of thiazole rings is 1. The minimum absolute atomic E-state index is 0.0677. The standard InChI is InChI=1S/C19H25N5O3S/c1-20-19-22-15(13-28-19)18(25)24-7-10-27-16(12-23-5-8-26-9-6-23)17(24)14-3-2-4-21-11-14/h2-4,11,13,16-17H,5-10,12H2,1H3,(H,20,22)/t16-,17-/m0/s1. The largest absolute Gasteiger partial charge is 0.379 e. The maximum absolute atomic E-state index is 13.3. The first kappa shape index (κ1) is 19.3. The van der Waals surface area contributed by atoms with Gasteiger partial charge in [-0.05, 0) is 11.6 Å². The maximum Gasteiger partial charge on any atom is 0.274 e. The lowest BCUT2D eigenvalue weighted by Crippen LogP contribution is -2.53. The number of hydrogen-bond donors (Lipinski definition) is 1. The van der Waals surface area contributed by atoms with Gasteiger partial charge in [-0.1, -0.05) is 6.07 Å². The minimum Gasteiger partial charge on any atom is -0.379 e. The normalized spacial score (nSPS) is 23.5. The number of morpholine rings is 2. The average molecular weight is 404 g/mol. The third-order valence-corrected chi connectivity index (χ3v) is 5.98. The van der Waals surface area contributed by atoms with Gasteiger partial charge in [0.15, 0.2) is 5.13 Å². The van der Waals surface area contributed by atoms with Crippen LogP contribution in [0.1, 0.15) is 22.1 Å². The molecule has 0 aromatic carbocycles. The van der Waals surface area contributed by atoms with Crippen molar-refractivity contribution in [1.82, 2.24) is 19.8 Å². The monoisotopic (exact) mass is 403 g/mol. The Bertz CT molecular complexity index is 781. The topological polar surface area (TPSA) is 79.8 Å². The van der Waals surface area contributed by atoms with E-state index in [0.29, 0.717) is 18.8 Å². The number of amides is 1. The van der Waals surface area contributed by atoms with Gasteiger partial charge in [0, 0.05) is 51.0 Å². The summed E-state index contributed by atoms with van der Waals surface area (Å²) in [5.41, 5.74) is 1.45. The van der Waals surface area contributed by atoms with Crippen molar-refractivity contribution in [2.24, 2.45) is 0 Å². The van der Waals surface area contributed by atoms with E-state index >= 15 is 0 Å². The van der Waals surface area contributed by atoms with Gasteiger partial charge in [-0.3, -0.25) is 14.7 Å². The number of aromatic nitrogens is 2. The van der Waals surface area contributed by atoms with E-state index in [-0.39, 0.29) is 18.1 Å². The van der Waals surface area contributed by atoms with E-state index in [2.05, 4.69) is 20.2 Å². The number of hydrogen-bond acceptors (Lipinski definition) is 8. The number of nitrogens with one attached hydrogen (secondary N) is 1. The van der Waals surface area contributed by atoms with Crippen molar-refractivity contribution in [2.45, 2.75) is 12.1 Å². The molecule has 0 aliphatic carbocycles. The Morgan fingerprint density at radius 3 is 2.89 bits per heavy atom. The fourth-order valence-electron chi connectivity index (χ4n) is 3.73. The third kappa shape index (κ3) is 4.17. The first-order chi connectivity index (χ1) is 13.8. The molecule has 2 aromatic heterocycles. The summed E-state index contributed by atoms with van der Waals surface area (Å²) in [4.78, 5) is 26.2. The quantitative estimate of drug-likeness (QED) is 0.810. The van der Waals surface area contributed by atoms with E-state index in [1.807, 2.05) is 23.2 Å². The molecule has 4 heterocycles. The van der Waals surface area contributed by atoms with Crippen molar-refractivity contribution in [2.75, 3.05) is 58.4 Å². The Morgan fingerprint density at radius 1 is 1.32 bits per heavy atom.